The van der Waals surface area contributed by atoms with E-state index in [2.05, 4.69) is 5.32 Å². The molecule has 0 saturated carbocycles. The fraction of sp³-hybridized carbons (Fsp3) is 0.0882. The molecule has 0 unspecified atom stereocenters. The van der Waals surface area contributed by atoms with E-state index >= 15 is 0 Å². The van der Waals surface area contributed by atoms with Crippen molar-refractivity contribution >= 4 is 53.0 Å². The zero-order valence-electron chi connectivity index (χ0n) is 23.4. The van der Waals surface area contributed by atoms with E-state index in [-0.39, 0.29) is 12.5 Å². The molecular weight excluding hydrogens is 624 g/mol. The van der Waals surface area contributed by atoms with Crippen LogP contribution in [0.4, 0.5) is 23.7 Å². The molecule has 0 aliphatic carbocycles. The molecule has 0 spiro atoms. The van der Waals surface area contributed by atoms with Crippen LogP contribution in [0.3, 0.4) is 0 Å². The molecule has 1 fully saturated rings. The second kappa shape index (κ2) is 12.3. The molecule has 0 radical (unpaired) electrons. The van der Waals surface area contributed by atoms with Crippen LogP contribution in [0.25, 0.3) is 34.5 Å². The first-order valence-electron chi connectivity index (χ1n) is 13.7. The maximum absolute atomic E-state index is 13.2. The lowest BCUT2D eigenvalue weighted by molar-refractivity contribution is -0.137. The molecule has 11 heteroatoms. The fourth-order valence-corrected chi connectivity index (χ4v) is 5.48. The summed E-state index contributed by atoms with van der Waals surface area (Å²) in [4.78, 5) is 29.8. The smallest absolute Gasteiger partial charge is 0.326 e. The average molecular weight is 647 g/mol. The second-order valence-electron chi connectivity index (χ2n) is 10.4. The van der Waals surface area contributed by atoms with Gasteiger partial charge in [-0.3, -0.25) is 15.0 Å². The summed E-state index contributed by atoms with van der Waals surface area (Å²) in [7, 11) is 0. The number of rotatable bonds is 7. The molecule has 3 amide bonds. The monoisotopic (exact) mass is 646 g/mol. The van der Waals surface area contributed by atoms with Crippen LogP contribution < -0.4 is 10.2 Å². The lowest BCUT2D eigenvalue weighted by atomic mass is 10.0. The largest absolute Gasteiger partial charge is 0.416 e. The van der Waals surface area contributed by atoms with Crippen molar-refractivity contribution in [3.63, 3.8) is 0 Å². The van der Waals surface area contributed by atoms with E-state index in [9.17, 15) is 22.8 Å². The molecule has 5 aromatic rings. The average Bonchev–Trinajstić information content (AvgIpc) is 3.57. The van der Waals surface area contributed by atoms with Gasteiger partial charge in [-0.05, 0) is 70.8 Å². The topological polar surface area (TPSA) is 67.2 Å². The Morgan fingerprint density at radius 1 is 0.867 bits per heavy atom. The number of hydrogen-bond donors (Lipinski definition) is 1. The van der Waals surface area contributed by atoms with Gasteiger partial charge in [0.1, 0.15) is 12.4 Å². The number of carbonyl (C=O) groups is 2. The van der Waals surface area contributed by atoms with Gasteiger partial charge in [0, 0.05) is 29.0 Å². The highest BCUT2D eigenvalue weighted by Crippen LogP contribution is 2.33. The number of amides is 3. The first-order chi connectivity index (χ1) is 21.5. The van der Waals surface area contributed by atoms with E-state index in [1.54, 1.807) is 48.5 Å². The number of benzene rings is 4. The number of anilines is 1. The van der Waals surface area contributed by atoms with E-state index in [1.165, 1.54) is 11.0 Å². The number of carbonyl (C=O) groups excluding carboxylic acids is 2. The first kappa shape index (κ1) is 30.2. The highest BCUT2D eigenvalue weighted by molar-refractivity contribution is 6.36. The van der Waals surface area contributed by atoms with E-state index in [1.807, 2.05) is 47.2 Å². The minimum atomic E-state index is -4.41. The van der Waals surface area contributed by atoms with E-state index < -0.39 is 17.8 Å². The first-order valence-corrected chi connectivity index (χ1v) is 14.5. The Balaban J connectivity index is 1.27. The van der Waals surface area contributed by atoms with Crippen molar-refractivity contribution in [3.8, 4) is 22.4 Å². The minimum Gasteiger partial charge on any atom is -0.326 e. The van der Waals surface area contributed by atoms with Crippen LogP contribution in [0.5, 0.6) is 0 Å². The van der Waals surface area contributed by atoms with E-state index in [0.717, 1.165) is 23.3 Å². The summed E-state index contributed by atoms with van der Waals surface area (Å²) in [6.45, 7) is 0.415. The van der Waals surface area contributed by atoms with Crippen LogP contribution in [-0.2, 0) is 17.5 Å². The van der Waals surface area contributed by atoms with E-state index in [0.29, 0.717) is 50.5 Å². The molecule has 1 N–H and O–H groups in total. The Morgan fingerprint density at radius 3 is 2.29 bits per heavy atom. The van der Waals surface area contributed by atoms with Gasteiger partial charge in [0.2, 0.25) is 5.91 Å². The van der Waals surface area contributed by atoms with Crippen LogP contribution >= 0.6 is 23.2 Å². The summed E-state index contributed by atoms with van der Waals surface area (Å²) < 4.78 is 41.5. The normalized spacial score (nSPS) is 13.6. The molecule has 0 atom stereocenters. The Labute approximate surface area is 266 Å². The standard InChI is InChI=1S/C34H23Cl2F3N4O2/c35-26-11-14-28(29(36)17-26)30-19-42(18-22-6-12-27(13-7-22)43-20-32(44)41-33(43)45)31(40-30)15-8-21-4-9-23(10-5-21)24-2-1-3-25(16-24)34(37,38)39/h1-17,19H,18,20H2,(H,41,44,45). The molecule has 6 rings (SSSR count). The highest BCUT2D eigenvalue weighted by Gasteiger charge is 2.30. The van der Waals surface area contributed by atoms with Gasteiger partial charge in [0.15, 0.2) is 0 Å². The number of halogens is 5. The van der Waals surface area contributed by atoms with Crippen LogP contribution in [0.1, 0.15) is 22.5 Å². The number of aromatic nitrogens is 2. The van der Waals surface area contributed by atoms with E-state index in [4.69, 9.17) is 28.2 Å². The Hall–Kier alpha value is -4.86. The van der Waals surface area contributed by atoms with Gasteiger partial charge in [-0.15, -0.1) is 0 Å². The summed E-state index contributed by atoms with van der Waals surface area (Å²) >= 11 is 12.6. The van der Waals surface area contributed by atoms with Crippen LogP contribution in [-0.4, -0.2) is 28.0 Å². The SMILES string of the molecule is O=C1CN(c2ccc(Cn3cc(-c4ccc(Cl)cc4Cl)nc3C=Cc3ccc(-c4cccc(C(F)(F)F)c4)cc3)cc2)C(=O)N1. The lowest BCUT2D eigenvalue weighted by Crippen LogP contribution is -2.27. The number of nitrogens with one attached hydrogen (secondary N) is 1. The number of urea groups is 1. The van der Waals surface area contributed by atoms with Gasteiger partial charge < -0.3 is 4.57 Å². The molecule has 0 bridgehead atoms. The van der Waals surface area contributed by atoms with Crippen LogP contribution in [0.2, 0.25) is 10.0 Å². The van der Waals surface area contributed by atoms with Crippen molar-refractivity contribution < 1.29 is 22.8 Å². The fourth-order valence-electron chi connectivity index (χ4n) is 4.98. The Morgan fingerprint density at radius 2 is 1.62 bits per heavy atom. The van der Waals surface area contributed by atoms with Crippen molar-refractivity contribution in [2.24, 2.45) is 0 Å². The van der Waals surface area contributed by atoms with Crippen molar-refractivity contribution in [2.45, 2.75) is 12.7 Å². The number of alkyl halides is 3. The zero-order chi connectivity index (χ0) is 31.7. The molecule has 1 aliphatic heterocycles. The molecule has 6 nitrogen and oxygen atoms in total. The summed E-state index contributed by atoms with van der Waals surface area (Å²) in [5, 5.41) is 3.23. The second-order valence-corrected chi connectivity index (χ2v) is 11.2. The summed E-state index contributed by atoms with van der Waals surface area (Å²) in [5.41, 5.74) is 4.15. The maximum atomic E-state index is 13.2. The third-order valence-electron chi connectivity index (χ3n) is 7.27. The Bertz CT molecular complexity index is 1930. The predicted octanol–water partition coefficient (Wildman–Crippen LogP) is 8.82. The van der Waals surface area contributed by atoms with Gasteiger partial charge >= 0.3 is 12.2 Å². The number of imidazole rings is 1. The van der Waals surface area contributed by atoms with Gasteiger partial charge in [0.05, 0.1) is 16.3 Å². The van der Waals surface area contributed by atoms with Gasteiger partial charge in [-0.1, -0.05) is 77.8 Å². The highest BCUT2D eigenvalue weighted by atomic mass is 35.5. The molecule has 1 saturated heterocycles. The quantitative estimate of drug-likeness (QED) is 0.180. The maximum Gasteiger partial charge on any atom is 0.416 e. The molecule has 226 valence electrons. The van der Waals surface area contributed by atoms with Crippen molar-refractivity contribution in [2.75, 3.05) is 11.4 Å². The summed E-state index contributed by atoms with van der Waals surface area (Å²) in [6.07, 6.45) is 1.18. The number of nitrogens with zero attached hydrogens (tertiary/aromatic N) is 3. The Kier molecular flexibility index (Phi) is 8.22. The minimum absolute atomic E-state index is 0.0270. The van der Waals surface area contributed by atoms with Crippen molar-refractivity contribution in [1.82, 2.24) is 14.9 Å². The molecule has 1 aromatic heterocycles. The summed E-state index contributed by atoms with van der Waals surface area (Å²) in [5.74, 6) is 0.282. The van der Waals surface area contributed by atoms with Gasteiger partial charge in [0.25, 0.3) is 0 Å². The lowest BCUT2D eigenvalue weighted by Gasteiger charge is -2.14. The van der Waals surface area contributed by atoms with Gasteiger partial charge in [-0.2, -0.15) is 13.2 Å². The van der Waals surface area contributed by atoms with Crippen LogP contribution in [0, 0.1) is 0 Å². The predicted molar refractivity (Wildman–Crippen MR) is 170 cm³/mol. The van der Waals surface area contributed by atoms with Crippen molar-refractivity contribution in [1.29, 1.82) is 0 Å². The van der Waals surface area contributed by atoms with Crippen molar-refractivity contribution in [3.05, 3.63) is 130 Å². The third kappa shape index (κ3) is 6.79. The zero-order valence-corrected chi connectivity index (χ0v) is 24.9. The molecule has 2 heterocycles. The molecule has 4 aromatic carbocycles. The number of hydrogen-bond acceptors (Lipinski definition) is 3. The molecular formula is C34H23Cl2F3N4O2. The third-order valence-corrected chi connectivity index (χ3v) is 7.82. The summed E-state index contributed by atoms with van der Waals surface area (Å²) in [6, 6.07) is 24.5. The molecule has 45 heavy (non-hydrogen) atoms. The van der Waals surface area contributed by atoms with Crippen LogP contribution in [0.15, 0.2) is 97.2 Å². The number of imide groups is 1. The molecule has 1 aliphatic rings. The van der Waals surface area contributed by atoms with Gasteiger partial charge in [-0.25, -0.2) is 9.78 Å².